The van der Waals surface area contributed by atoms with E-state index in [4.69, 9.17) is 0 Å². The molecule has 0 atom stereocenters. The molecule has 0 bridgehead atoms. The molecule has 1 aromatic carbocycles. The Kier molecular flexibility index (Phi) is 4.08. The van der Waals surface area contributed by atoms with E-state index in [0.29, 0.717) is 16.6 Å². The summed E-state index contributed by atoms with van der Waals surface area (Å²) >= 11 is 4.57. The van der Waals surface area contributed by atoms with Crippen molar-refractivity contribution < 1.29 is 9.18 Å². The number of amides is 1. The highest BCUT2D eigenvalue weighted by Crippen LogP contribution is 2.16. The first-order valence-electron chi connectivity index (χ1n) is 5.21. The average Bonchev–Trinajstić information content (AvgIpc) is 2.75. The SMILES string of the molecule is Cc1ncc(CNC(=O)c2ccc(Br)c(F)c2)s1. The van der Waals surface area contributed by atoms with Gasteiger partial charge >= 0.3 is 0 Å². The molecule has 0 saturated heterocycles. The monoisotopic (exact) mass is 328 g/mol. The summed E-state index contributed by atoms with van der Waals surface area (Å²) in [5, 5.41) is 3.68. The zero-order valence-electron chi connectivity index (χ0n) is 9.54. The lowest BCUT2D eigenvalue weighted by Crippen LogP contribution is -2.22. The summed E-state index contributed by atoms with van der Waals surface area (Å²) in [6.45, 7) is 2.31. The molecule has 1 aromatic heterocycles. The van der Waals surface area contributed by atoms with E-state index in [1.165, 1.54) is 23.5 Å². The molecular weight excluding hydrogens is 319 g/mol. The van der Waals surface area contributed by atoms with Crippen LogP contribution in [0.3, 0.4) is 0 Å². The normalized spacial score (nSPS) is 10.4. The highest BCUT2D eigenvalue weighted by Gasteiger charge is 2.09. The third kappa shape index (κ3) is 3.14. The number of aryl methyl sites for hydroxylation is 1. The van der Waals surface area contributed by atoms with Crippen LogP contribution in [0.4, 0.5) is 4.39 Å². The lowest BCUT2D eigenvalue weighted by Gasteiger charge is -2.04. The van der Waals surface area contributed by atoms with Crippen LogP contribution in [0.2, 0.25) is 0 Å². The fraction of sp³-hybridized carbons (Fsp3) is 0.167. The van der Waals surface area contributed by atoms with E-state index in [-0.39, 0.29) is 5.91 Å². The fourth-order valence-electron chi connectivity index (χ4n) is 1.39. The standard InChI is InChI=1S/C12H10BrFN2OS/c1-7-15-5-9(18-7)6-16-12(17)8-2-3-10(13)11(14)4-8/h2-5H,6H2,1H3,(H,16,17). The van der Waals surface area contributed by atoms with Gasteiger partial charge in [0, 0.05) is 16.6 Å². The van der Waals surface area contributed by atoms with Crippen LogP contribution < -0.4 is 5.32 Å². The first kappa shape index (κ1) is 13.2. The van der Waals surface area contributed by atoms with E-state index in [9.17, 15) is 9.18 Å². The third-order valence-electron chi connectivity index (χ3n) is 2.27. The van der Waals surface area contributed by atoms with E-state index in [1.54, 1.807) is 12.3 Å². The van der Waals surface area contributed by atoms with Crippen molar-refractivity contribution in [2.75, 3.05) is 0 Å². The number of hydrogen-bond acceptors (Lipinski definition) is 3. The summed E-state index contributed by atoms with van der Waals surface area (Å²) in [7, 11) is 0. The molecule has 1 amide bonds. The minimum absolute atomic E-state index is 0.299. The molecule has 2 rings (SSSR count). The van der Waals surface area contributed by atoms with Gasteiger partial charge in [-0.3, -0.25) is 4.79 Å². The summed E-state index contributed by atoms with van der Waals surface area (Å²) in [5.41, 5.74) is 0.303. The molecule has 0 aliphatic rings. The lowest BCUT2D eigenvalue weighted by molar-refractivity contribution is 0.0951. The minimum atomic E-state index is -0.448. The molecule has 0 aliphatic heterocycles. The minimum Gasteiger partial charge on any atom is -0.347 e. The van der Waals surface area contributed by atoms with Crippen molar-refractivity contribution >= 4 is 33.2 Å². The number of nitrogens with one attached hydrogen (secondary N) is 1. The Morgan fingerprint density at radius 1 is 1.56 bits per heavy atom. The summed E-state index contributed by atoms with van der Waals surface area (Å²) in [5.74, 6) is -0.747. The summed E-state index contributed by atoms with van der Waals surface area (Å²) in [6, 6.07) is 4.29. The second kappa shape index (κ2) is 5.58. The summed E-state index contributed by atoms with van der Waals surface area (Å²) in [6.07, 6.45) is 1.72. The van der Waals surface area contributed by atoms with Crippen LogP contribution in [0.5, 0.6) is 0 Å². The average molecular weight is 329 g/mol. The Morgan fingerprint density at radius 3 is 2.94 bits per heavy atom. The number of benzene rings is 1. The van der Waals surface area contributed by atoms with Crippen molar-refractivity contribution in [1.82, 2.24) is 10.3 Å². The Hall–Kier alpha value is -1.27. The van der Waals surface area contributed by atoms with Crippen LogP contribution in [0.25, 0.3) is 0 Å². The molecule has 0 unspecified atom stereocenters. The van der Waals surface area contributed by atoms with Gasteiger partial charge in [-0.15, -0.1) is 11.3 Å². The molecule has 1 N–H and O–H groups in total. The number of thiazole rings is 1. The van der Waals surface area contributed by atoms with Crippen molar-refractivity contribution in [3.8, 4) is 0 Å². The maximum absolute atomic E-state index is 13.3. The molecule has 6 heteroatoms. The second-order valence-corrected chi connectivity index (χ2v) is 5.83. The second-order valence-electron chi connectivity index (χ2n) is 3.66. The van der Waals surface area contributed by atoms with E-state index >= 15 is 0 Å². The zero-order chi connectivity index (χ0) is 13.1. The maximum atomic E-state index is 13.3. The van der Waals surface area contributed by atoms with Gasteiger partial charge in [0.1, 0.15) is 5.82 Å². The summed E-state index contributed by atoms with van der Waals surface area (Å²) < 4.78 is 13.6. The van der Waals surface area contributed by atoms with E-state index < -0.39 is 5.82 Å². The number of aromatic nitrogens is 1. The number of carbonyl (C=O) groups is 1. The molecule has 0 spiro atoms. The van der Waals surface area contributed by atoms with Crippen LogP contribution >= 0.6 is 27.3 Å². The fourth-order valence-corrected chi connectivity index (χ4v) is 2.38. The van der Waals surface area contributed by atoms with Crippen molar-refractivity contribution in [3.05, 3.63) is 50.1 Å². The van der Waals surface area contributed by atoms with E-state index in [1.807, 2.05) is 6.92 Å². The van der Waals surface area contributed by atoms with Crippen molar-refractivity contribution in [3.63, 3.8) is 0 Å². The highest BCUT2D eigenvalue weighted by atomic mass is 79.9. The third-order valence-corrected chi connectivity index (χ3v) is 3.83. The first-order chi connectivity index (χ1) is 8.56. The maximum Gasteiger partial charge on any atom is 0.251 e. The molecule has 3 nitrogen and oxygen atoms in total. The molecular formula is C12H10BrFN2OS. The van der Waals surface area contributed by atoms with Crippen LogP contribution in [-0.4, -0.2) is 10.9 Å². The highest BCUT2D eigenvalue weighted by molar-refractivity contribution is 9.10. The van der Waals surface area contributed by atoms with Gasteiger partial charge in [-0.05, 0) is 41.1 Å². The molecule has 0 radical (unpaired) electrons. The van der Waals surface area contributed by atoms with Gasteiger partial charge in [0.05, 0.1) is 16.0 Å². The predicted octanol–water partition coefficient (Wildman–Crippen LogP) is 3.28. The predicted molar refractivity (Wildman–Crippen MR) is 72.1 cm³/mol. The Morgan fingerprint density at radius 2 is 2.33 bits per heavy atom. The van der Waals surface area contributed by atoms with Crippen LogP contribution in [0.15, 0.2) is 28.9 Å². The smallest absolute Gasteiger partial charge is 0.251 e. The Bertz CT molecular complexity index is 585. The number of hydrogen-bond donors (Lipinski definition) is 1. The largest absolute Gasteiger partial charge is 0.347 e. The first-order valence-corrected chi connectivity index (χ1v) is 6.82. The quantitative estimate of drug-likeness (QED) is 0.939. The van der Waals surface area contributed by atoms with Gasteiger partial charge in [-0.2, -0.15) is 0 Å². The molecule has 1 heterocycles. The van der Waals surface area contributed by atoms with Gasteiger partial charge < -0.3 is 5.32 Å². The molecule has 18 heavy (non-hydrogen) atoms. The van der Waals surface area contributed by atoms with E-state index in [0.717, 1.165) is 9.88 Å². The Labute approximate surface area is 116 Å². The number of carbonyl (C=O) groups excluding carboxylic acids is 1. The van der Waals surface area contributed by atoms with Crippen molar-refractivity contribution in [2.24, 2.45) is 0 Å². The number of halogens is 2. The van der Waals surface area contributed by atoms with Crippen molar-refractivity contribution in [1.29, 1.82) is 0 Å². The van der Waals surface area contributed by atoms with Gasteiger partial charge in [0.2, 0.25) is 0 Å². The van der Waals surface area contributed by atoms with Crippen LogP contribution in [0, 0.1) is 12.7 Å². The van der Waals surface area contributed by atoms with Crippen LogP contribution in [0.1, 0.15) is 20.2 Å². The van der Waals surface area contributed by atoms with Crippen molar-refractivity contribution in [2.45, 2.75) is 13.5 Å². The van der Waals surface area contributed by atoms with Gasteiger partial charge in [0.15, 0.2) is 0 Å². The van der Waals surface area contributed by atoms with E-state index in [2.05, 4.69) is 26.2 Å². The lowest BCUT2D eigenvalue weighted by atomic mass is 10.2. The van der Waals surface area contributed by atoms with Gasteiger partial charge in [-0.1, -0.05) is 0 Å². The topological polar surface area (TPSA) is 42.0 Å². The number of nitrogens with zero attached hydrogens (tertiary/aromatic N) is 1. The number of rotatable bonds is 3. The van der Waals surface area contributed by atoms with Gasteiger partial charge in [-0.25, -0.2) is 9.37 Å². The Balaban J connectivity index is 2.01. The molecule has 94 valence electrons. The molecule has 0 saturated carbocycles. The molecule has 2 aromatic rings. The van der Waals surface area contributed by atoms with Gasteiger partial charge in [0.25, 0.3) is 5.91 Å². The molecule has 0 aliphatic carbocycles. The zero-order valence-corrected chi connectivity index (χ0v) is 11.9. The molecule has 0 fully saturated rings. The summed E-state index contributed by atoms with van der Waals surface area (Å²) in [4.78, 5) is 16.8. The van der Waals surface area contributed by atoms with Crippen LogP contribution in [-0.2, 0) is 6.54 Å².